The molecule has 5 heteroatoms. The largest absolute Gasteiger partial charge is 0.464 e. The average molecular weight is 323 g/mol. The molecule has 0 saturated heterocycles. The minimum atomic E-state index is -3.44. The molecule has 4 nitrogen and oxygen atoms in total. The molecule has 0 radical (unpaired) electrons. The van der Waals surface area contributed by atoms with Gasteiger partial charge in [0.15, 0.2) is 0 Å². The minimum absolute atomic E-state index is 0.262. The van der Waals surface area contributed by atoms with E-state index in [9.17, 15) is 8.42 Å². The molecule has 1 aromatic carbocycles. The Morgan fingerprint density at radius 3 is 2.41 bits per heavy atom. The highest BCUT2D eigenvalue weighted by atomic mass is 32.2. The van der Waals surface area contributed by atoms with E-state index >= 15 is 0 Å². The van der Waals surface area contributed by atoms with Crippen LogP contribution in [-0.4, -0.2) is 15.0 Å². The second-order valence-corrected chi connectivity index (χ2v) is 6.73. The lowest BCUT2D eigenvalue weighted by Crippen LogP contribution is -2.24. The van der Waals surface area contributed by atoms with Gasteiger partial charge in [-0.1, -0.05) is 45.7 Å². The molecular formula is C17H25NO3S. The number of unbranched alkanes of at least 4 members (excludes halogenated alkanes) is 1. The number of furan rings is 1. The summed E-state index contributed by atoms with van der Waals surface area (Å²) in [5.41, 5.74) is 0.753. The van der Waals surface area contributed by atoms with E-state index in [-0.39, 0.29) is 4.90 Å². The van der Waals surface area contributed by atoms with Crippen LogP contribution in [0, 0.1) is 0 Å². The van der Waals surface area contributed by atoms with E-state index in [1.807, 2.05) is 13.0 Å². The highest BCUT2D eigenvalue weighted by Crippen LogP contribution is 2.22. The lowest BCUT2D eigenvalue weighted by atomic mass is 10.2. The first-order valence-corrected chi connectivity index (χ1v) is 9.17. The minimum Gasteiger partial charge on any atom is -0.464 e. The van der Waals surface area contributed by atoms with Crippen molar-refractivity contribution in [3.63, 3.8) is 0 Å². The fourth-order valence-corrected chi connectivity index (χ4v) is 2.85. The van der Waals surface area contributed by atoms with Gasteiger partial charge in [0.2, 0.25) is 10.0 Å². The zero-order valence-corrected chi connectivity index (χ0v) is 14.3. The summed E-state index contributed by atoms with van der Waals surface area (Å²) in [5.74, 6) is 0.658. The predicted octanol–water partition coefficient (Wildman–Crippen LogP) is 4.44. The molecule has 2 rings (SSSR count). The van der Waals surface area contributed by atoms with Gasteiger partial charge in [-0.25, -0.2) is 13.1 Å². The van der Waals surface area contributed by atoms with Crippen LogP contribution in [0.5, 0.6) is 0 Å². The van der Waals surface area contributed by atoms with Gasteiger partial charge < -0.3 is 4.42 Å². The summed E-state index contributed by atoms with van der Waals surface area (Å²) in [4.78, 5) is 0.262. The molecule has 0 unspecified atom stereocenters. The Morgan fingerprint density at radius 2 is 1.82 bits per heavy atom. The standard InChI is InChI=1S/C14H17NO3S.C3H8/c1-2-3-9-15-19(16,17)13-7-4-6-12(11-13)14-8-5-10-18-14;1-3-2/h4-8,10-11,15H,2-3,9H2,1H3;3H2,1-2H3. The van der Waals surface area contributed by atoms with E-state index in [1.54, 1.807) is 36.6 Å². The molecular weight excluding hydrogens is 298 g/mol. The van der Waals surface area contributed by atoms with E-state index in [1.165, 1.54) is 6.42 Å². The van der Waals surface area contributed by atoms with Crippen molar-refractivity contribution in [1.82, 2.24) is 4.72 Å². The van der Waals surface area contributed by atoms with Crippen LogP contribution < -0.4 is 4.72 Å². The summed E-state index contributed by atoms with van der Waals surface area (Å²) in [6.45, 7) is 6.73. The van der Waals surface area contributed by atoms with Gasteiger partial charge in [-0.2, -0.15) is 0 Å². The highest BCUT2D eigenvalue weighted by Gasteiger charge is 2.14. The van der Waals surface area contributed by atoms with Crippen molar-refractivity contribution in [3.05, 3.63) is 42.7 Å². The van der Waals surface area contributed by atoms with Crippen LogP contribution in [-0.2, 0) is 10.0 Å². The summed E-state index contributed by atoms with van der Waals surface area (Å²) in [6, 6.07) is 10.3. The van der Waals surface area contributed by atoms with E-state index in [0.29, 0.717) is 12.3 Å². The Labute approximate surface area is 133 Å². The summed E-state index contributed by atoms with van der Waals surface area (Å²) in [6.07, 6.45) is 4.60. The van der Waals surface area contributed by atoms with Gasteiger partial charge in [0.1, 0.15) is 5.76 Å². The SMILES string of the molecule is CCC.CCCCNS(=O)(=O)c1cccc(-c2ccco2)c1. The summed E-state index contributed by atoms with van der Waals surface area (Å²) >= 11 is 0. The second-order valence-electron chi connectivity index (χ2n) is 4.96. The molecule has 0 aliphatic carbocycles. The fourth-order valence-electron chi connectivity index (χ4n) is 1.73. The molecule has 2 aromatic rings. The molecule has 0 atom stereocenters. The lowest BCUT2D eigenvalue weighted by molar-refractivity contribution is 0.577. The van der Waals surface area contributed by atoms with Crippen molar-refractivity contribution >= 4 is 10.0 Å². The van der Waals surface area contributed by atoms with Crippen LogP contribution in [0.25, 0.3) is 11.3 Å². The Kier molecular flexibility index (Phi) is 7.91. The molecule has 0 bridgehead atoms. The molecule has 0 spiro atoms. The number of hydrogen-bond acceptors (Lipinski definition) is 3. The summed E-state index contributed by atoms with van der Waals surface area (Å²) in [7, 11) is -3.44. The van der Waals surface area contributed by atoms with Gasteiger partial charge in [-0.05, 0) is 30.7 Å². The molecule has 0 fully saturated rings. The topological polar surface area (TPSA) is 59.3 Å². The van der Waals surface area contributed by atoms with E-state index < -0.39 is 10.0 Å². The Bertz CT molecular complexity index is 634. The zero-order valence-electron chi connectivity index (χ0n) is 13.5. The third-order valence-electron chi connectivity index (χ3n) is 2.77. The van der Waals surface area contributed by atoms with E-state index in [2.05, 4.69) is 18.6 Å². The van der Waals surface area contributed by atoms with Gasteiger partial charge in [0.25, 0.3) is 0 Å². The van der Waals surface area contributed by atoms with Crippen molar-refractivity contribution in [2.75, 3.05) is 6.54 Å². The first-order chi connectivity index (χ1) is 10.5. The van der Waals surface area contributed by atoms with Crippen LogP contribution in [0.2, 0.25) is 0 Å². The molecule has 22 heavy (non-hydrogen) atoms. The maximum absolute atomic E-state index is 12.1. The average Bonchev–Trinajstić information content (AvgIpc) is 3.03. The Balaban J connectivity index is 0.000000745. The molecule has 122 valence electrons. The number of sulfonamides is 1. The van der Waals surface area contributed by atoms with Crippen molar-refractivity contribution in [2.24, 2.45) is 0 Å². The van der Waals surface area contributed by atoms with Gasteiger partial charge in [-0.15, -0.1) is 0 Å². The summed E-state index contributed by atoms with van der Waals surface area (Å²) in [5, 5.41) is 0. The first-order valence-electron chi connectivity index (χ1n) is 7.68. The van der Waals surface area contributed by atoms with Crippen LogP contribution in [0.4, 0.5) is 0 Å². The molecule has 0 aliphatic heterocycles. The molecule has 1 N–H and O–H groups in total. The van der Waals surface area contributed by atoms with Crippen LogP contribution in [0.1, 0.15) is 40.0 Å². The van der Waals surface area contributed by atoms with Crippen molar-refractivity contribution in [3.8, 4) is 11.3 Å². The van der Waals surface area contributed by atoms with Crippen LogP contribution in [0.15, 0.2) is 52.0 Å². The maximum Gasteiger partial charge on any atom is 0.240 e. The van der Waals surface area contributed by atoms with Crippen molar-refractivity contribution in [1.29, 1.82) is 0 Å². The molecule has 1 heterocycles. The number of nitrogens with one attached hydrogen (secondary N) is 1. The van der Waals surface area contributed by atoms with Gasteiger partial charge >= 0.3 is 0 Å². The lowest BCUT2D eigenvalue weighted by Gasteiger charge is -2.07. The number of rotatable bonds is 6. The number of benzene rings is 1. The smallest absolute Gasteiger partial charge is 0.240 e. The molecule has 0 saturated carbocycles. The van der Waals surface area contributed by atoms with E-state index in [0.717, 1.165) is 18.4 Å². The molecule has 0 amide bonds. The third kappa shape index (κ3) is 5.66. The number of hydrogen-bond donors (Lipinski definition) is 1. The normalized spacial score (nSPS) is 10.9. The Hall–Kier alpha value is -1.59. The van der Waals surface area contributed by atoms with Crippen molar-refractivity contribution < 1.29 is 12.8 Å². The zero-order chi connectivity index (χ0) is 16.4. The Morgan fingerprint density at radius 1 is 1.09 bits per heavy atom. The fraction of sp³-hybridized carbons (Fsp3) is 0.412. The summed E-state index contributed by atoms with van der Waals surface area (Å²) < 4.78 is 32.0. The highest BCUT2D eigenvalue weighted by molar-refractivity contribution is 7.89. The molecule has 0 aliphatic rings. The van der Waals surface area contributed by atoms with Gasteiger partial charge in [-0.3, -0.25) is 0 Å². The monoisotopic (exact) mass is 323 g/mol. The third-order valence-corrected chi connectivity index (χ3v) is 4.23. The van der Waals surface area contributed by atoms with Gasteiger partial charge in [0.05, 0.1) is 11.2 Å². The van der Waals surface area contributed by atoms with Gasteiger partial charge in [0, 0.05) is 12.1 Å². The van der Waals surface area contributed by atoms with E-state index in [4.69, 9.17) is 4.42 Å². The second kappa shape index (κ2) is 9.43. The van der Waals surface area contributed by atoms with Crippen LogP contribution >= 0.6 is 0 Å². The van der Waals surface area contributed by atoms with Crippen LogP contribution in [0.3, 0.4) is 0 Å². The predicted molar refractivity (Wildman–Crippen MR) is 90.2 cm³/mol. The van der Waals surface area contributed by atoms with Crippen molar-refractivity contribution in [2.45, 2.75) is 44.9 Å². The maximum atomic E-state index is 12.1. The molecule has 1 aromatic heterocycles. The quantitative estimate of drug-likeness (QED) is 0.799. The first kappa shape index (κ1) is 18.5.